The van der Waals surface area contributed by atoms with E-state index in [4.69, 9.17) is 4.74 Å². The van der Waals surface area contributed by atoms with Crippen LogP contribution in [0.4, 0.5) is 14.5 Å². The summed E-state index contributed by atoms with van der Waals surface area (Å²) in [4.78, 5) is 16.7. The third kappa shape index (κ3) is 5.48. The normalized spacial score (nSPS) is 11.0. The van der Waals surface area contributed by atoms with Gasteiger partial charge in [-0.25, -0.2) is 18.3 Å². The fourth-order valence-corrected chi connectivity index (χ4v) is 3.96. The molecule has 4 aromatic rings. The number of nitrogens with zero attached hydrogens (tertiary/aromatic N) is 3. The first kappa shape index (κ1) is 22.7. The zero-order valence-corrected chi connectivity index (χ0v) is 18.7. The monoisotopic (exact) mass is 468 g/mol. The number of halogens is 2. The van der Waals surface area contributed by atoms with Crippen LogP contribution in [0.1, 0.15) is 19.8 Å². The number of rotatable bonds is 9. The molecule has 0 radical (unpaired) electrons. The van der Waals surface area contributed by atoms with Crippen LogP contribution in [0, 0.1) is 11.6 Å². The average Bonchev–Trinajstić information content (AvgIpc) is 3.25. The number of thioether (sulfide) groups is 1. The molecule has 0 aliphatic heterocycles. The van der Waals surface area contributed by atoms with E-state index in [1.165, 1.54) is 11.8 Å². The molecule has 9 heteroatoms. The summed E-state index contributed by atoms with van der Waals surface area (Å²) >= 11 is 1.19. The first-order chi connectivity index (χ1) is 16.0. The van der Waals surface area contributed by atoms with E-state index < -0.39 is 17.5 Å². The Hall–Kier alpha value is -3.46. The number of aromatic nitrogens is 3. The van der Waals surface area contributed by atoms with Gasteiger partial charge < -0.3 is 10.1 Å². The zero-order chi connectivity index (χ0) is 23.2. The highest BCUT2D eigenvalue weighted by atomic mass is 32.2. The second-order valence-electron chi connectivity index (χ2n) is 7.25. The van der Waals surface area contributed by atoms with Crippen molar-refractivity contribution >= 4 is 28.9 Å². The van der Waals surface area contributed by atoms with Crippen molar-refractivity contribution < 1.29 is 18.3 Å². The molecule has 0 fully saturated rings. The highest BCUT2D eigenvalue weighted by molar-refractivity contribution is 8.00. The molecule has 2 heterocycles. The third-order valence-electron chi connectivity index (χ3n) is 4.82. The maximum atomic E-state index is 13.8. The standard InChI is InChI=1S/C24H22F2N4O2S/c1-2-3-12-32-22-7-5-4-6-17(22)19-14-21-24(27-10-11-30(21)29-19)33-15-23(31)28-20-13-16(25)8-9-18(20)26/h4-11,13-14H,2-3,12,15H2,1H3,(H,28,31). The second kappa shape index (κ2) is 10.4. The van der Waals surface area contributed by atoms with E-state index in [0.717, 1.165) is 53.6 Å². The molecule has 0 unspecified atom stereocenters. The molecule has 33 heavy (non-hydrogen) atoms. The number of fused-ring (bicyclic) bond motifs is 1. The number of carbonyl (C=O) groups excluding carboxylic acids is 1. The lowest BCUT2D eigenvalue weighted by molar-refractivity contribution is -0.113. The summed E-state index contributed by atoms with van der Waals surface area (Å²) in [7, 11) is 0. The Morgan fingerprint density at radius 1 is 1.18 bits per heavy atom. The van der Waals surface area contributed by atoms with Crippen molar-refractivity contribution in [2.24, 2.45) is 0 Å². The van der Waals surface area contributed by atoms with Gasteiger partial charge in [0, 0.05) is 24.0 Å². The molecule has 2 aromatic heterocycles. The Morgan fingerprint density at radius 2 is 2.03 bits per heavy atom. The molecule has 4 rings (SSSR count). The van der Waals surface area contributed by atoms with Gasteiger partial charge in [0.2, 0.25) is 5.91 Å². The zero-order valence-electron chi connectivity index (χ0n) is 17.9. The Kier molecular flexibility index (Phi) is 7.19. The molecule has 0 saturated carbocycles. The van der Waals surface area contributed by atoms with Crippen molar-refractivity contribution in [3.8, 4) is 17.0 Å². The van der Waals surface area contributed by atoms with E-state index in [1.807, 2.05) is 30.3 Å². The van der Waals surface area contributed by atoms with Gasteiger partial charge >= 0.3 is 0 Å². The molecule has 0 aliphatic carbocycles. The van der Waals surface area contributed by atoms with Gasteiger partial charge in [0.1, 0.15) is 22.4 Å². The first-order valence-corrected chi connectivity index (χ1v) is 11.5. The lowest BCUT2D eigenvalue weighted by Crippen LogP contribution is -2.15. The number of unbranched alkanes of at least 4 members (excludes halogenated alkanes) is 1. The fraction of sp³-hybridized carbons (Fsp3) is 0.208. The SMILES string of the molecule is CCCCOc1ccccc1-c1cc2c(SCC(=O)Nc3cc(F)ccc3F)nccn2n1. The summed E-state index contributed by atoms with van der Waals surface area (Å²) in [5, 5.41) is 7.62. The molecule has 0 saturated heterocycles. The number of anilines is 1. The van der Waals surface area contributed by atoms with E-state index in [9.17, 15) is 13.6 Å². The van der Waals surface area contributed by atoms with Crippen LogP contribution in [-0.2, 0) is 4.79 Å². The number of amides is 1. The third-order valence-corrected chi connectivity index (χ3v) is 5.81. The van der Waals surface area contributed by atoms with Crippen LogP contribution in [0.15, 0.2) is 66.0 Å². The van der Waals surface area contributed by atoms with Gasteiger partial charge in [0.25, 0.3) is 0 Å². The van der Waals surface area contributed by atoms with Crippen LogP contribution < -0.4 is 10.1 Å². The van der Waals surface area contributed by atoms with Crippen molar-refractivity contribution in [3.63, 3.8) is 0 Å². The summed E-state index contributed by atoms with van der Waals surface area (Å²) < 4.78 is 34.7. The van der Waals surface area contributed by atoms with Gasteiger partial charge in [-0.3, -0.25) is 4.79 Å². The minimum Gasteiger partial charge on any atom is -0.493 e. The summed E-state index contributed by atoms with van der Waals surface area (Å²) in [6.45, 7) is 2.74. The van der Waals surface area contributed by atoms with Crippen LogP contribution in [-0.4, -0.2) is 32.9 Å². The number of hydrogen-bond acceptors (Lipinski definition) is 5. The van der Waals surface area contributed by atoms with Crippen LogP contribution in [0.25, 0.3) is 16.8 Å². The molecule has 1 amide bonds. The number of benzene rings is 2. The van der Waals surface area contributed by atoms with E-state index in [2.05, 4.69) is 22.3 Å². The number of carbonyl (C=O) groups is 1. The highest BCUT2D eigenvalue weighted by Crippen LogP contribution is 2.32. The van der Waals surface area contributed by atoms with Crippen LogP contribution in [0.3, 0.4) is 0 Å². The molecular formula is C24H22F2N4O2S. The predicted octanol–water partition coefficient (Wildman–Crippen LogP) is 5.58. The van der Waals surface area contributed by atoms with Crippen LogP contribution >= 0.6 is 11.8 Å². The van der Waals surface area contributed by atoms with Gasteiger partial charge in [0.05, 0.1) is 29.3 Å². The van der Waals surface area contributed by atoms with E-state index in [1.54, 1.807) is 16.9 Å². The lowest BCUT2D eigenvalue weighted by atomic mass is 10.1. The highest BCUT2D eigenvalue weighted by Gasteiger charge is 2.15. The second-order valence-corrected chi connectivity index (χ2v) is 8.22. The summed E-state index contributed by atoms with van der Waals surface area (Å²) in [5.74, 6) is -1.07. The van der Waals surface area contributed by atoms with Gasteiger partial charge in [-0.1, -0.05) is 37.2 Å². The topological polar surface area (TPSA) is 68.5 Å². The molecule has 0 atom stereocenters. The Bertz CT molecular complexity index is 1280. The predicted molar refractivity (Wildman–Crippen MR) is 125 cm³/mol. The number of hydrogen-bond donors (Lipinski definition) is 1. The largest absolute Gasteiger partial charge is 0.493 e. The van der Waals surface area contributed by atoms with E-state index in [-0.39, 0.29) is 11.4 Å². The quantitative estimate of drug-likeness (QED) is 0.256. The summed E-state index contributed by atoms with van der Waals surface area (Å²) in [6.07, 6.45) is 5.33. The molecule has 170 valence electrons. The summed E-state index contributed by atoms with van der Waals surface area (Å²) in [6, 6.07) is 12.5. The van der Waals surface area contributed by atoms with Crippen molar-refractivity contribution in [1.82, 2.24) is 14.6 Å². The first-order valence-electron chi connectivity index (χ1n) is 10.5. The molecular weight excluding hydrogens is 446 g/mol. The van der Waals surface area contributed by atoms with Crippen molar-refractivity contribution in [2.45, 2.75) is 24.8 Å². The van der Waals surface area contributed by atoms with Crippen molar-refractivity contribution in [3.05, 3.63) is 72.6 Å². The van der Waals surface area contributed by atoms with Crippen LogP contribution in [0.2, 0.25) is 0 Å². The Balaban J connectivity index is 1.51. The molecule has 0 aliphatic rings. The fourth-order valence-electron chi connectivity index (χ4n) is 3.19. The minimum atomic E-state index is -0.699. The maximum absolute atomic E-state index is 13.8. The average molecular weight is 469 g/mol. The Morgan fingerprint density at radius 3 is 2.88 bits per heavy atom. The van der Waals surface area contributed by atoms with Gasteiger partial charge in [-0.05, 0) is 36.8 Å². The molecule has 0 bridgehead atoms. The van der Waals surface area contributed by atoms with Gasteiger partial charge in [-0.15, -0.1) is 0 Å². The molecule has 6 nitrogen and oxygen atoms in total. The van der Waals surface area contributed by atoms with Gasteiger partial charge in [-0.2, -0.15) is 5.10 Å². The van der Waals surface area contributed by atoms with E-state index >= 15 is 0 Å². The Labute approximate surface area is 194 Å². The van der Waals surface area contributed by atoms with Crippen LogP contribution in [0.5, 0.6) is 5.75 Å². The number of ether oxygens (including phenoxy) is 1. The summed E-state index contributed by atoms with van der Waals surface area (Å²) in [5.41, 5.74) is 2.12. The van der Waals surface area contributed by atoms with Crippen molar-refractivity contribution in [2.75, 3.05) is 17.7 Å². The number of para-hydroxylation sites is 1. The maximum Gasteiger partial charge on any atom is 0.234 e. The molecule has 2 aromatic carbocycles. The lowest BCUT2D eigenvalue weighted by Gasteiger charge is -2.09. The minimum absolute atomic E-state index is 0.0279. The molecule has 1 N–H and O–H groups in total. The van der Waals surface area contributed by atoms with Gasteiger partial charge in [0.15, 0.2) is 0 Å². The van der Waals surface area contributed by atoms with E-state index in [0.29, 0.717) is 11.6 Å². The number of nitrogens with one attached hydrogen (secondary N) is 1. The smallest absolute Gasteiger partial charge is 0.234 e. The molecule has 0 spiro atoms. The van der Waals surface area contributed by atoms with Crippen molar-refractivity contribution in [1.29, 1.82) is 0 Å².